The van der Waals surface area contributed by atoms with Crippen molar-refractivity contribution in [3.05, 3.63) is 0 Å². The summed E-state index contributed by atoms with van der Waals surface area (Å²) in [5.41, 5.74) is 0. The molecular weight excluding hydrogens is 118 g/mol. The van der Waals surface area contributed by atoms with Crippen LogP contribution in [0.1, 0.15) is 19.8 Å². The van der Waals surface area contributed by atoms with Crippen LogP contribution in [-0.4, -0.2) is 17.9 Å². The van der Waals surface area contributed by atoms with Gasteiger partial charge in [0.05, 0.1) is 0 Å². The van der Waals surface area contributed by atoms with E-state index in [1.807, 2.05) is 0 Å². The van der Waals surface area contributed by atoms with Crippen molar-refractivity contribution in [1.29, 1.82) is 0 Å². The van der Waals surface area contributed by atoms with E-state index in [9.17, 15) is 0 Å². The molecule has 0 rings (SSSR count). The Morgan fingerprint density at radius 2 is 2.40 bits per heavy atom. The van der Waals surface area contributed by atoms with Crippen molar-refractivity contribution in [3.8, 4) is 4.37 Å². The zero-order chi connectivity index (χ0) is 4.12. The van der Waals surface area contributed by atoms with Gasteiger partial charge in [-0.3, -0.25) is 0 Å². The van der Waals surface area contributed by atoms with E-state index in [0.29, 0.717) is 0 Å². The van der Waals surface area contributed by atoms with Crippen LogP contribution in [0.3, 0.4) is 0 Å². The fourth-order valence-electron chi connectivity index (χ4n) is 0.144. The van der Waals surface area contributed by atoms with Gasteiger partial charge in [0.2, 0.25) is 0 Å². The molecule has 0 aliphatic rings. The molecule has 0 saturated carbocycles. The quantitative estimate of drug-likeness (QED) is 0.457. The average Bonchev–Trinajstić information content (AvgIpc) is 1.41. The zero-order valence-electron chi connectivity index (χ0n) is 3.49. The molecule has 0 N–H and O–H groups in total. The van der Waals surface area contributed by atoms with Gasteiger partial charge in [-0.05, 0) is 0 Å². The van der Waals surface area contributed by atoms with Gasteiger partial charge in [-0.2, -0.15) is 0 Å². The second-order valence-electron chi connectivity index (χ2n) is 0.954. The van der Waals surface area contributed by atoms with Crippen molar-refractivity contribution >= 4 is 17.9 Å². The third-order valence-electron chi connectivity index (χ3n) is 0.394. The summed E-state index contributed by atoms with van der Waals surface area (Å²) in [6.45, 7) is 2.16. The number of rotatable bonds is 1. The topological polar surface area (TPSA) is 0 Å². The SMILES string of the molecule is CCC[C]#[Ga]. The third-order valence-corrected chi connectivity index (χ3v) is 1.000. The van der Waals surface area contributed by atoms with Crippen LogP contribution < -0.4 is 0 Å². The number of unbranched alkanes of at least 4 members (excludes halogenated alkanes) is 1. The van der Waals surface area contributed by atoms with Gasteiger partial charge in [0.15, 0.2) is 0 Å². The van der Waals surface area contributed by atoms with Gasteiger partial charge in [-0.1, -0.05) is 0 Å². The third kappa shape index (κ3) is 4.42. The second-order valence-corrected chi connectivity index (χ2v) is 1.81. The summed E-state index contributed by atoms with van der Waals surface area (Å²) < 4.78 is 3.08. The van der Waals surface area contributed by atoms with E-state index in [4.69, 9.17) is 0 Å². The first-order valence-electron chi connectivity index (χ1n) is 1.85. The molecule has 0 fully saturated rings. The molecule has 26 valence electrons. The summed E-state index contributed by atoms with van der Waals surface area (Å²) in [4.78, 5) is 0. The van der Waals surface area contributed by atoms with Gasteiger partial charge in [-0.25, -0.2) is 0 Å². The first-order chi connectivity index (χ1) is 2.41. The maximum atomic E-state index is 3.08. The number of hydrogen-bond donors (Lipinski definition) is 0. The van der Waals surface area contributed by atoms with Crippen molar-refractivity contribution in [2.24, 2.45) is 0 Å². The summed E-state index contributed by atoms with van der Waals surface area (Å²) in [5.74, 6) is 0. The van der Waals surface area contributed by atoms with Gasteiger partial charge >= 0.3 is 42.1 Å². The fraction of sp³-hybridized carbons (Fsp3) is 0.750. The molecule has 1 heteroatoms. The van der Waals surface area contributed by atoms with Crippen LogP contribution in [0.2, 0.25) is 0 Å². The Kier molecular flexibility index (Phi) is 4.78. The molecule has 0 amide bonds. The van der Waals surface area contributed by atoms with E-state index < -0.39 is 0 Å². The van der Waals surface area contributed by atoms with E-state index >= 15 is 0 Å². The van der Waals surface area contributed by atoms with E-state index in [2.05, 4.69) is 11.3 Å². The molecule has 0 atom stereocenters. The molecule has 0 aromatic carbocycles. The first-order valence-corrected chi connectivity index (χ1v) is 3.06. The molecule has 0 bridgehead atoms. The van der Waals surface area contributed by atoms with Crippen LogP contribution in [-0.2, 0) is 0 Å². The van der Waals surface area contributed by atoms with Crippen LogP contribution in [0.15, 0.2) is 0 Å². The van der Waals surface area contributed by atoms with Gasteiger partial charge < -0.3 is 0 Å². The second kappa shape index (κ2) is 4.42. The first kappa shape index (κ1) is 5.42. The Labute approximate surface area is 42.6 Å². The minimum atomic E-state index is 1.17. The summed E-state index contributed by atoms with van der Waals surface area (Å²) in [5, 5.41) is 0. The summed E-state index contributed by atoms with van der Waals surface area (Å²) in [6.07, 6.45) is 2.41. The van der Waals surface area contributed by atoms with E-state index in [-0.39, 0.29) is 0 Å². The fourth-order valence-corrected chi connectivity index (χ4v) is 0.750. The molecule has 0 spiro atoms. The van der Waals surface area contributed by atoms with E-state index in [1.165, 1.54) is 12.8 Å². The molecule has 0 unspecified atom stereocenters. The van der Waals surface area contributed by atoms with Gasteiger partial charge in [-0.15, -0.1) is 0 Å². The van der Waals surface area contributed by atoms with Crippen LogP contribution in [0.25, 0.3) is 0 Å². The van der Waals surface area contributed by atoms with Crippen LogP contribution in [0.5, 0.6) is 0 Å². The molecule has 0 aliphatic carbocycles. The molecule has 0 aliphatic heterocycles. The van der Waals surface area contributed by atoms with E-state index in [0.717, 1.165) is 0 Å². The summed E-state index contributed by atoms with van der Waals surface area (Å²) in [7, 11) is 0. The molecule has 0 heterocycles. The molecule has 0 nitrogen and oxygen atoms in total. The Hall–Kier alpha value is 0.416. The summed E-state index contributed by atoms with van der Waals surface area (Å²) in [6, 6.07) is 0. The molecule has 0 aromatic heterocycles. The van der Waals surface area contributed by atoms with Gasteiger partial charge in [0.1, 0.15) is 0 Å². The predicted molar refractivity (Wildman–Crippen MR) is 24.5 cm³/mol. The predicted octanol–water partition coefficient (Wildman–Crippen LogP) is 0.914. The molecule has 0 saturated heterocycles. The standard InChI is InChI=1S/C4H7.Ga/c1-3-4-2;/h3-4H2,1H3;. The normalized spacial score (nSPS) is 7.00. The van der Waals surface area contributed by atoms with E-state index in [1.54, 1.807) is 17.9 Å². The van der Waals surface area contributed by atoms with Gasteiger partial charge in [0.25, 0.3) is 0 Å². The maximum absolute atomic E-state index is 3.08. The van der Waals surface area contributed by atoms with Crippen LogP contribution in [0, 0.1) is 4.37 Å². The van der Waals surface area contributed by atoms with Crippen LogP contribution >= 0.6 is 0 Å². The van der Waals surface area contributed by atoms with Crippen molar-refractivity contribution in [1.82, 2.24) is 0 Å². The molecule has 0 aromatic rings. The molecule has 5 heavy (non-hydrogen) atoms. The number of hydrogen-bond acceptors (Lipinski definition) is 0. The van der Waals surface area contributed by atoms with Crippen LogP contribution in [0.4, 0.5) is 0 Å². The minimum absolute atomic E-state index is 1.17. The molecule has 0 radical (unpaired) electrons. The zero-order valence-corrected chi connectivity index (χ0v) is 5.91. The Morgan fingerprint density at radius 3 is 2.40 bits per heavy atom. The molecular formula is C4H7Ga. The van der Waals surface area contributed by atoms with Gasteiger partial charge in [0, 0.05) is 0 Å². The monoisotopic (exact) mass is 124 g/mol. The summed E-state index contributed by atoms with van der Waals surface area (Å²) >= 11 is 1.60. The van der Waals surface area contributed by atoms with Crippen molar-refractivity contribution < 1.29 is 0 Å². The Morgan fingerprint density at radius 1 is 1.80 bits per heavy atom. The van der Waals surface area contributed by atoms with Crippen molar-refractivity contribution in [3.63, 3.8) is 0 Å². The van der Waals surface area contributed by atoms with Crippen molar-refractivity contribution in [2.45, 2.75) is 19.8 Å². The Balaban J connectivity index is 2.48. The Bertz CT molecular complexity index is 42.1. The van der Waals surface area contributed by atoms with Crippen molar-refractivity contribution in [2.75, 3.05) is 0 Å². The average molecular weight is 125 g/mol.